The second kappa shape index (κ2) is 6.63. The second-order valence-corrected chi connectivity index (χ2v) is 4.35. The van der Waals surface area contributed by atoms with E-state index in [9.17, 15) is 8.78 Å². The maximum Gasteiger partial charge on any atom is 0.261 e. The SMILES string of the molecule is FC(F)COCCNc1ccnc2cc(Cl)ccc12. The molecule has 0 aliphatic heterocycles. The lowest BCUT2D eigenvalue weighted by atomic mass is 10.2. The largest absolute Gasteiger partial charge is 0.382 e. The lowest BCUT2D eigenvalue weighted by Gasteiger charge is -2.09. The van der Waals surface area contributed by atoms with Crippen LogP contribution in [0, 0.1) is 0 Å². The third-order valence-corrected chi connectivity index (χ3v) is 2.75. The van der Waals surface area contributed by atoms with Crippen molar-refractivity contribution in [3.63, 3.8) is 0 Å². The van der Waals surface area contributed by atoms with Crippen molar-refractivity contribution in [1.29, 1.82) is 0 Å². The van der Waals surface area contributed by atoms with Gasteiger partial charge in [-0.15, -0.1) is 0 Å². The van der Waals surface area contributed by atoms with E-state index >= 15 is 0 Å². The highest BCUT2D eigenvalue weighted by atomic mass is 35.5. The second-order valence-electron chi connectivity index (χ2n) is 3.91. The van der Waals surface area contributed by atoms with Crippen molar-refractivity contribution >= 4 is 28.2 Å². The number of ether oxygens (including phenoxy) is 1. The summed E-state index contributed by atoms with van der Waals surface area (Å²) in [5.41, 5.74) is 1.66. The lowest BCUT2D eigenvalue weighted by Crippen LogP contribution is -2.13. The van der Waals surface area contributed by atoms with Gasteiger partial charge in [0, 0.05) is 28.8 Å². The van der Waals surface area contributed by atoms with Crippen LogP contribution in [0.25, 0.3) is 10.9 Å². The summed E-state index contributed by atoms with van der Waals surface area (Å²) in [5.74, 6) is 0. The maximum atomic E-state index is 11.9. The zero-order chi connectivity index (χ0) is 13.7. The maximum absolute atomic E-state index is 11.9. The van der Waals surface area contributed by atoms with Gasteiger partial charge in [0.1, 0.15) is 6.61 Å². The summed E-state index contributed by atoms with van der Waals surface area (Å²) in [6.07, 6.45) is -0.759. The molecule has 2 rings (SSSR count). The molecule has 0 saturated carbocycles. The third kappa shape index (κ3) is 4.01. The fraction of sp³-hybridized carbons (Fsp3) is 0.308. The average molecular weight is 287 g/mol. The number of nitrogens with one attached hydrogen (secondary N) is 1. The predicted molar refractivity (Wildman–Crippen MR) is 72.1 cm³/mol. The summed E-state index contributed by atoms with van der Waals surface area (Å²) >= 11 is 5.89. The van der Waals surface area contributed by atoms with E-state index in [0.717, 1.165) is 16.6 Å². The topological polar surface area (TPSA) is 34.1 Å². The van der Waals surface area contributed by atoms with Crippen LogP contribution in [-0.2, 0) is 4.74 Å². The number of benzene rings is 1. The van der Waals surface area contributed by atoms with Gasteiger partial charge in [-0.05, 0) is 24.3 Å². The normalized spacial score (nSPS) is 11.2. The molecule has 19 heavy (non-hydrogen) atoms. The highest BCUT2D eigenvalue weighted by Gasteiger charge is 2.03. The molecule has 2 aromatic rings. The number of halogens is 3. The first-order chi connectivity index (χ1) is 9.16. The molecule has 0 amide bonds. The van der Waals surface area contributed by atoms with Crippen LogP contribution in [0.2, 0.25) is 5.02 Å². The molecular weight excluding hydrogens is 274 g/mol. The molecule has 0 saturated heterocycles. The van der Waals surface area contributed by atoms with E-state index in [4.69, 9.17) is 16.3 Å². The monoisotopic (exact) mass is 286 g/mol. The molecule has 0 aliphatic rings. The van der Waals surface area contributed by atoms with Crippen molar-refractivity contribution in [2.45, 2.75) is 6.43 Å². The minimum Gasteiger partial charge on any atom is -0.382 e. The fourth-order valence-corrected chi connectivity index (χ4v) is 1.87. The fourth-order valence-electron chi connectivity index (χ4n) is 1.71. The number of hydrogen-bond acceptors (Lipinski definition) is 3. The molecule has 0 radical (unpaired) electrons. The lowest BCUT2D eigenvalue weighted by molar-refractivity contribution is 0.0215. The number of fused-ring (bicyclic) bond motifs is 1. The Hall–Kier alpha value is -1.46. The number of pyridine rings is 1. The Morgan fingerprint density at radius 1 is 1.32 bits per heavy atom. The van der Waals surface area contributed by atoms with Crippen molar-refractivity contribution < 1.29 is 13.5 Å². The Morgan fingerprint density at radius 2 is 2.16 bits per heavy atom. The number of alkyl halides is 2. The van der Waals surface area contributed by atoms with Crippen molar-refractivity contribution in [1.82, 2.24) is 4.98 Å². The Bertz CT molecular complexity index is 551. The minimum absolute atomic E-state index is 0.224. The Labute approximate surface area is 114 Å². The quantitative estimate of drug-likeness (QED) is 0.824. The summed E-state index contributed by atoms with van der Waals surface area (Å²) in [4.78, 5) is 4.22. The van der Waals surface area contributed by atoms with Gasteiger partial charge in [-0.3, -0.25) is 4.98 Å². The Balaban J connectivity index is 1.97. The van der Waals surface area contributed by atoms with E-state index in [0.29, 0.717) is 11.6 Å². The summed E-state index contributed by atoms with van der Waals surface area (Å²) in [6, 6.07) is 7.25. The van der Waals surface area contributed by atoms with E-state index in [1.807, 2.05) is 12.1 Å². The smallest absolute Gasteiger partial charge is 0.261 e. The van der Waals surface area contributed by atoms with Gasteiger partial charge in [0.2, 0.25) is 0 Å². The van der Waals surface area contributed by atoms with Crippen molar-refractivity contribution in [2.75, 3.05) is 25.1 Å². The standard InChI is InChI=1S/C13H13ClF2N2O/c14-9-1-2-10-11(3-4-17-12(10)7-9)18-5-6-19-8-13(15)16/h1-4,7,13H,5-6,8H2,(H,17,18). The molecular formula is C13H13ClF2N2O. The molecule has 102 valence electrons. The molecule has 0 aliphatic carbocycles. The van der Waals surface area contributed by atoms with Gasteiger partial charge in [0.05, 0.1) is 12.1 Å². The van der Waals surface area contributed by atoms with Gasteiger partial charge in [-0.2, -0.15) is 0 Å². The molecule has 1 N–H and O–H groups in total. The van der Waals surface area contributed by atoms with Gasteiger partial charge in [-0.25, -0.2) is 8.78 Å². The molecule has 1 aromatic carbocycles. The number of aromatic nitrogens is 1. The first kappa shape index (κ1) is 14.0. The summed E-state index contributed by atoms with van der Waals surface area (Å²) < 4.78 is 28.5. The summed E-state index contributed by atoms with van der Waals surface area (Å²) in [6.45, 7) is 0.143. The van der Waals surface area contributed by atoms with Crippen LogP contribution in [0.1, 0.15) is 0 Å². The number of anilines is 1. The van der Waals surface area contributed by atoms with Crippen LogP contribution in [0.15, 0.2) is 30.5 Å². The van der Waals surface area contributed by atoms with E-state index in [-0.39, 0.29) is 6.61 Å². The van der Waals surface area contributed by atoms with E-state index < -0.39 is 13.0 Å². The molecule has 0 fully saturated rings. The summed E-state index contributed by atoms with van der Waals surface area (Å²) in [5, 5.41) is 4.68. The zero-order valence-corrected chi connectivity index (χ0v) is 10.8. The first-order valence-corrected chi connectivity index (χ1v) is 6.18. The molecule has 0 atom stereocenters. The van der Waals surface area contributed by atoms with Gasteiger partial charge in [0.25, 0.3) is 6.43 Å². The van der Waals surface area contributed by atoms with Crippen molar-refractivity contribution in [3.05, 3.63) is 35.5 Å². The molecule has 0 spiro atoms. The minimum atomic E-state index is -2.43. The predicted octanol–water partition coefficient (Wildman–Crippen LogP) is 3.58. The Kier molecular flexibility index (Phi) is 4.87. The van der Waals surface area contributed by atoms with Crippen LogP contribution in [0.4, 0.5) is 14.5 Å². The van der Waals surface area contributed by atoms with E-state index in [1.165, 1.54) is 0 Å². The molecule has 1 aromatic heterocycles. The molecule has 1 heterocycles. The zero-order valence-electron chi connectivity index (χ0n) is 10.1. The highest BCUT2D eigenvalue weighted by Crippen LogP contribution is 2.24. The van der Waals surface area contributed by atoms with Crippen LogP contribution >= 0.6 is 11.6 Å². The van der Waals surface area contributed by atoms with E-state index in [2.05, 4.69) is 10.3 Å². The third-order valence-electron chi connectivity index (χ3n) is 2.51. The van der Waals surface area contributed by atoms with Crippen LogP contribution in [0.3, 0.4) is 0 Å². The molecule has 3 nitrogen and oxygen atoms in total. The number of hydrogen-bond donors (Lipinski definition) is 1. The van der Waals surface area contributed by atoms with Crippen LogP contribution in [-0.4, -0.2) is 31.2 Å². The first-order valence-electron chi connectivity index (χ1n) is 5.81. The van der Waals surface area contributed by atoms with Gasteiger partial charge >= 0.3 is 0 Å². The highest BCUT2D eigenvalue weighted by molar-refractivity contribution is 6.31. The van der Waals surface area contributed by atoms with Gasteiger partial charge < -0.3 is 10.1 Å². The van der Waals surface area contributed by atoms with E-state index in [1.54, 1.807) is 18.3 Å². The summed E-state index contributed by atoms with van der Waals surface area (Å²) in [7, 11) is 0. The number of rotatable bonds is 6. The van der Waals surface area contributed by atoms with Crippen LogP contribution < -0.4 is 5.32 Å². The average Bonchev–Trinajstić information content (AvgIpc) is 2.37. The molecule has 0 bridgehead atoms. The number of nitrogens with zero attached hydrogens (tertiary/aromatic N) is 1. The van der Waals surface area contributed by atoms with Gasteiger partial charge in [0.15, 0.2) is 0 Å². The van der Waals surface area contributed by atoms with Gasteiger partial charge in [-0.1, -0.05) is 11.6 Å². The molecule has 0 unspecified atom stereocenters. The molecule has 6 heteroatoms. The van der Waals surface area contributed by atoms with Crippen molar-refractivity contribution in [3.8, 4) is 0 Å². The van der Waals surface area contributed by atoms with Crippen LogP contribution in [0.5, 0.6) is 0 Å². The van der Waals surface area contributed by atoms with Crippen molar-refractivity contribution in [2.24, 2.45) is 0 Å². The Morgan fingerprint density at radius 3 is 2.95 bits per heavy atom.